The molecule has 3 rings (SSSR count). The number of carbonyl (C=O) groups is 1. The number of benzene rings is 2. The highest BCUT2D eigenvalue weighted by Gasteiger charge is 2.23. The zero-order valence-electron chi connectivity index (χ0n) is 18.8. The number of fused-ring (bicyclic) bond motifs is 1. The molecule has 0 aliphatic carbocycles. The Labute approximate surface area is 192 Å². The van der Waals surface area contributed by atoms with Crippen molar-refractivity contribution in [3.8, 4) is 0 Å². The molecule has 0 radical (unpaired) electrons. The predicted octanol–water partition coefficient (Wildman–Crippen LogP) is 4.20. The number of amides is 1. The number of halogens is 1. The van der Waals surface area contributed by atoms with Gasteiger partial charge in [-0.1, -0.05) is 11.3 Å². The molecule has 0 saturated carbocycles. The maximum absolute atomic E-state index is 13.1. The Hall–Kier alpha value is -2.36. The molecule has 6 nitrogen and oxygen atoms in total. The third-order valence-corrected chi connectivity index (χ3v) is 8.04. The molecule has 1 amide bonds. The van der Waals surface area contributed by atoms with Gasteiger partial charge in [-0.25, -0.2) is 17.8 Å². The van der Waals surface area contributed by atoms with Crippen molar-refractivity contribution in [1.82, 2.24) is 9.88 Å². The van der Waals surface area contributed by atoms with E-state index in [1.54, 1.807) is 4.90 Å². The summed E-state index contributed by atoms with van der Waals surface area (Å²) in [7, 11) is 0.229. The third-order valence-electron chi connectivity index (χ3n) is 5.27. The fourth-order valence-electron chi connectivity index (χ4n) is 3.27. The van der Waals surface area contributed by atoms with Crippen LogP contribution in [0, 0.1) is 19.7 Å². The minimum Gasteiger partial charge on any atom is -0.309 e. The Morgan fingerprint density at radius 3 is 2.38 bits per heavy atom. The van der Waals surface area contributed by atoms with Crippen LogP contribution in [-0.2, 0) is 14.6 Å². The van der Waals surface area contributed by atoms with Gasteiger partial charge in [0.2, 0.25) is 5.91 Å². The Bertz CT molecular complexity index is 1170. The summed E-state index contributed by atoms with van der Waals surface area (Å²) in [5.74, 6) is -1.14. The van der Waals surface area contributed by atoms with Gasteiger partial charge >= 0.3 is 0 Å². The highest BCUT2D eigenvalue weighted by atomic mass is 32.2. The van der Waals surface area contributed by atoms with Crippen LogP contribution in [0.1, 0.15) is 24.0 Å². The average molecular weight is 478 g/mol. The van der Waals surface area contributed by atoms with Gasteiger partial charge in [0.25, 0.3) is 0 Å². The number of anilines is 1. The number of aryl methyl sites for hydroxylation is 2. The predicted molar refractivity (Wildman–Crippen MR) is 128 cm³/mol. The molecule has 0 fully saturated rings. The van der Waals surface area contributed by atoms with Crippen molar-refractivity contribution < 1.29 is 17.6 Å². The SMILES string of the molecule is Cc1cc2nc(N(CCCN(C)C)C(=O)CCS(=O)(=O)c3ccc(F)cc3)sc2cc1C. The van der Waals surface area contributed by atoms with Crippen LogP contribution >= 0.6 is 11.3 Å². The van der Waals surface area contributed by atoms with Crippen molar-refractivity contribution in [1.29, 1.82) is 0 Å². The Kier molecular flexibility index (Phi) is 7.63. The van der Waals surface area contributed by atoms with Crippen LogP contribution in [0.4, 0.5) is 9.52 Å². The van der Waals surface area contributed by atoms with E-state index in [-0.39, 0.29) is 23.0 Å². The van der Waals surface area contributed by atoms with Gasteiger partial charge in [0.15, 0.2) is 15.0 Å². The smallest absolute Gasteiger partial charge is 0.229 e. The minimum atomic E-state index is -3.70. The molecule has 32 heavy (non-hydrogen) atoms. The lowest BCUT2D eigenvalue weighted by Gasteiger charge is -2.21. The molecule has 1 heterocycles. The number of rotatable bonds is 9. The summed E-state index contributed by atoms with van der Waals surface area (Å²) in [6.45, 7) is 5.30. The zero-order valence-corrected chi connectivity index (χ0v) is 20.4. The highest BCUT2D eigenvalue weighted by Crippen LogP contribution is 2.31. The van der Waals surface area contributed by atoms with Gasteiger partial charge in [-0.05, 0) is 88.4 Å². The first kappa shape index (κ1) is 24.3. The van der Waals surface area contributed by atoms with Crippen LogP contribution in [0.25, 0.3) is 10.2 Å². The van der Waals surface area contributed by atoms with Gasteiger partial charge in [0.1, 0.15) is 5.82 Å². The quantitative estimate of drug-likeness (QED) is 0.432. The van der Waals surface area contributed by atoms with Crippen LogP contribution < -0.4 is 4.90 Å². The van der Waals surface area contributed by atoms with Crippen molar-refractivity contribution in [2.24, 2.45) is 0 Å². The molecular formula is C23H28FN3O3S2. The number of sulfone groups is 1. The van der Waals surface area contributed by atoms with Gasteiger partial charge in [-0.2, -0.15) is 0 Å². The molecule has 0 bridgehead atoms. The van der Waals surface area contributed by atoms with Gasteiger partial charge < -0.3 is 4.90 Å². The third kappa shape index (κ3) is 5.90. The standard InChI is InChI=1S/C23H28FN3O3S2/c1-16-14-20-21(15-17(16)2)31-23(25-20)27(12-5-11-26(3)4)22(28)10-13-32(29,30)19-8-6-18(24)7-9-19/h6-9,14-15H,5,10-13H2,1-4H3. The van der Waals surface area contributed by atoms with E-state index in [4.69, 9.17) is 0 Å². The monoisotopic (exact) mass is 477 g/mol. The zero-order chi connectivity index (χ0) is 23.5. The second-order valence-electron chi connectivity index (χ2n) is 8.13. The highest BCUT2D eigenvalue weighted by molar-refractivity contribution is 7.91. The normalized spacial score (nSPS) is 11.9. The molecule has 9 heteroatoms. The lowest BCUT2D eigenvalue weighted by atomic mass is 10.1. The fraction of sp³-hybridized carbons (Fsp3) is 0.391. The molecule has 0 N–H and O–H groups in total. The molecular weight excluding hydrogens is 449 g/mol. The lowest BCUT2D eigenvalue weighted by molar-refractivity contribution is -0.118. The molecule has 1 aromatic heterocycles. The van der Waals surface area contributed by atoms with Crippen LogP contribution in [-0.4, -0.2) is 57.1 Å². The Balaban J connectivity index is 1.81. The topological polar surface area (TPSA) is 70.6 Å². The van der Waals surface area contributed by atoms with Gasteiger partial charge in [-0.15, -0.1) is 0 Å². The average Bonchev–Trinajstić information content (AvgIpc) is 3.12. The molecule has 0 atom stereocenters. The minimum absolute atomic E-state index is 0.0109. The lowest BCUT2D eigenvalue weighted by Crippen LogP contribution is -2.34. The number of nitrogens with zero attached hydrogens (tertiary/aromatic N) is 3. The maximum Gasteiger partial charge on any atom is 0.229 e. The summed E-state index contributed by atoms with van der Waals surface area (Å²) >= 11 is 1.44. The molecule has 172 valence electrons. The largest absolute Gasteiger partial charge is 0.309 e. The van der Waals surface area contributed by atoms with Crippen molar-refractivity contribution in [2.75, 3.05) is 37.8 Å². The summed E-state index contributed by atoms with van der Waals surface area (Å²) < 4.78 is 39.4. The van der Waals surface area contributed by atoms with E-state index in [2.05, 4.69) is 11.1 Å². The number of thiazole rings is 1. The summed E-state index contributed by atoms with van der Waals surface area (Å²) in [6.07, 6.45) is 0.563. The molecule has 0 spiro atoms. The molecule has 2 aromatic carbocycles. The van der Waals surface area contributed by atoms with Crippen molar-refractivity contribution in [2.45, 2.75) is 31.6 Å². The maximum atomic E-state index is 13.1. The van der Waals surface area contributed by atoms with Gasteiger partial charge in [0.05, 0.1) is 20.9 Å². The van der Waals surface area contributed by atoms with Gasteiger partial charge in [-0.3, -0.25) is 9.69 Å². The first-order chi connectivity index (χ1) is 15.1. The molecule has 0 unspecified atom stereocenters. The number of aromatic nitrogens is 1. The van der Waals surface area contributed by atoms with E-state index >= 15 is 0 Å². The van der Waals surface area contributed by atoms with E-state index < -0.39 is 15.7 Å². The Morgan fingerprint density at radius 1 is 1.06 bits per heavy atom. The number of hydrogen-bond donors (Lipinski definition) is 0. The van der Waals surface area contributed by atoms with Crippen molar-refractivity contribution in [3.63, 3.8) is 0 Å². The van der Waals surface area contributed by atoms with E-state index in [9.17, 15) is 17.6 Å². The first-order valence-corrected chi connectivity index (χ1v) is 12.8. The summed E-state index contributed by atoms with van der Waals surface area (Å²) in [4.78, 5) is 21.4. The van der Waals surface area contributed by atoms with Crippen LogP contribution in [0.3, 0.4) is 0 Å². The summed E-state index contributed by atoms with van der Waals surface area (Å²) in [5, 5.41) is 0.577. The number of hydrogen-bond acceptors (Lipinski definition) is 6. The number of carbonyl (C=O) groups excluding carboxylic acids is 1. The van der Waals surface area contributed by atoms with E-state index in [0.717, 1.165) is 46.4 Å². The second-order valence-corrected chi connectivity index (χ2v) is 11.2. The molecule has 3 aromatic rings. The van der Waals surface area contributed by atoms with Crippen LogP contribution in [0.2, 0.25) is 0 Å². The second kappa shape index (κ2) is 10.1. The van der Waals surface area contributed by atoms with Crippen molar-refractivity contribution >= 4 is 42.4 Å². The molecule has 0 aliphatic heterocycles. The first-order valence-electron chi connectivity index (χ1n) is 10.4. The van der Waals surface area contributed by atoms with Crippen molar-refractivity contribution in [3.05, 3.63) is 53.3 Å². The summed E-state index contributed by atoms with van der Waals surface area (Å²) in [6, 6.07) is 8.73. The van der Waals surface area contributed by atoms with E-state index in [1.165, 1.54) is 23.5 Å². The Morgan fingerprint density at radius 2 is 1.72 bits per heavy atom. The molecule has 0 saturated heterocycles. The van der Waals surface area contributed by atoms with E-state index in [1.807, 2.05) is 38.9 Å². The molecule has 0 aliphatic rings. The van der Waals surface area contributed by atoms with E-state index in [0.29, 0.717) is 11.7 Å². The van der Waals surface area contributed by atoms with Crippen LogP contribution in [0.15, 0.2) is 41.3 Å². The fourth-order valence-corrected chi connectivity index (χ4v) is 5.59. The van der Waals surface area contributed by atoms with Gasteiger partial charge in [0, 0.05) is 13.0 Å². The van der Waals surface area contributed by atoms with Crippen LogP contribution in [0.5, 0.6) is 0 Å². The summed E-state index contributed by atoms with van der Waals surface area (Å²) in [5.41, 5.74) is 3.12.